The van der Waals surface area contributed by atoms with E-state index in [-0.39, 0.29) is 4.90 Å². The lowest BCUT2D eigenvalue weighted by atomic mass is 10.1. The van der Waals surface area contributed by atoms with Gasteiger partial charge in [0.05, 0.1) is 16.6 Å². The molecule has 2 aromatic carbocycles. The summed E-state index contributed by atoms with van der Waals surface area (Å²) in [5.74, 6) is 0. The maximum atomic E-state index is 12.5. The number of sulfonamides is 1. The summed E-state index contributed by atoms with van der Waals surface area (Å²) in [6.45, 7) is 1.78. The van der Waals surface area contributed by atoms with Crippen LogP contribution in [0.1, 0.15) is 18.7 Å². The van der Waals surface area contributed by atoms with Crippen LogP contribution in [0, 0.1) is 0 Å². The molecule has 0 amide bonds. The fourth-order valence-electron chi connectivity index (χ4n) is 2.33. The van der Waals surface area contributed by atoms with Crippen LogP contribution in [0.3, 0.4) is 0 Å². The maximum absolute atomic E-state index is 12.5. The van der Waals surface area contributed by atoms with E-state index in [1.165, 1.54) is 0 Å². The van der Waals surface area contributed by atoms with Crippen molar-refractivity contribution in [3.63, 3.8) is 0 Å². The molecule has 0 saturated heterocycles. The van der Waals surface area contributed by atoms with Crippen molar-refractivity contribution in [2.45, 2.75) is 17.9 Å². The zero-order chi connectivity index (χ0) is 15.6. The van der Waals surface area contributed by atoms with E-state index in [9.17, 15) is 8.42 Å². The number of aromatic nitrogens is 1. The lowest BCUT2D eigenvalue weighted by Gasteiger charge is -2.14. The highest BCUT2D eigenvalue weighted by Gasteiger charge is 2.19. The SMILES string of the molecule is C[C@H](NS(=O)(=O)c1ccc2ccccc2c1)c1ccccn1. The van der Waals surface area contributed by atoms with Crippen molar-refractivity contribution < 1.29 is 8.42 Å². The van der Waals surface area contributed by atoms with Crippen molar-refractivity contribution in [3.05, 3.63) is 72.6 Å². The molecule has 0 radical (unpaired) electrons. The molecule has 1 aromatic heterocycles. The second kappa shape index (κ2) is 5.87. The first-order chi connectivity index (χ1) is 10.6. The lowest BCUT2D eigenvalue weighted by Crippen LogP contribution is -2.27. The Balaban J connectivity index is 1.91. The van der Waals surface area contributed by atoms with Gasteiger partial charge in [0.25, 0.3) is 0 Å². The lowest BCUT2D eigenvalue weighted by molar-refractivity contribution is 0.564. The predicted molar refractivity (Wildman–Crippen MR) is 86.9 cm³/mol. The molecule has 3 aromatic rings. The highest BCUT2D eigenvalue weighted by molar-refractivity contribution is 7.89. The topological polar surface area (TPSA) is 59.1 Å². The van der Waals surface area contributed by atoms with Gasteiger partial charge in [0, 0.05) is 6.20 Å². The van der Waals surface area contributed by atoms with Crippen LogP contribution in [0.15, 0.2) is 71.8 Å². The van der Waals surface area contributed by atoms with Gasteiger partial charge in [-0.2, -0.15) is 0 Å². The van der Waals surface area contributed by atoms with Crippen molar-refractivity contribution in [1.29, 1.82) is 0 Å². The zero-order valence-electron chi connectivity index (χ0n) is 12.1. The summed E-state index contributed by atoms with van der Waals surface area (Å²) in [5.41, 5.74) is 0.687. The van der Waals surface area contributed by atoms with Crippen molar-refractivity contribution in [2.75, 3.05) is 0 Å². The Bertz CT molecular complexity index is 893. The summed E-state index contributed by atoms with van der Waals surface area (Å²) in [5, 5.41) is 1.91. The van der Waals surface area contributed by atoms with Crippen LogP contribution in [-0.4, -0.2) is 13.4 Å². The maximum Gasteiger partial charge on any atom is 0.241 e. The van der Waals surface area contributed by atoms with Crippen LogP contribution in [0.25, 0.3) is 10.8 Å². The number of hydrogen-bond donors (Lipinski definition) is 1. The highest BCUT2D eigenvalue weighted by atomic mass is 32.2. The number of benzene rings is 2. The largest absolute Gasteiger partial charge is 0.260 e. The molecule has 0 saturated carbocycles. The van der Waals surface area contributed by atoms with Gasteiger partial charge < -0.3 is 0 Å². The molecule has 22 heavy (non-hydrogen) atoms. The summed E-state index contributed by atoms with van der Waals surface area (Å²) in [4.78, 5) is 4.44. The van der Waals surface area contributed by atoms with E-state index >= 15 is 0 Å². The quantitative estimate of drug-likeness (QED) is 0.804. The van der Waals surface area contributed by atoms with Gasteiger partial charge in [0.1, 0.15) is 0 Å². The van der Waals surface area contributed by atoms with Gasteiger partial charge in [-0.1, -0.05) is 36.4 Å². The average molecular weight is 312 g/mol. The predicted octanol–water partition coefficient (Wildman–Crippen LogP) is 3.27. The molecule has 1 N–H and O–H groups in total. The molecule has 1 heterocycles. The van der Waals surface area contributed by atoms with Gasteiger partial charge >= 0.3 is 0 Å². The molecule has 0 aliphatic heterocycles. The molecule has 1 atom stereocenters. The fourth-order valence-corrected chi connectivity index (χ4v) is 3.58. The third kappa shape index (κ3) is 3.00. The van der Waals surface area contributed by atoms with Gasteiger partial charge in [-0.25, -0.2) is 13.1 Å². The zero-order valence-corrected chi connectivity index (χ0v) is 12.9. The van der Waals surface area contributed by atoms with E-state index < -0.39 is 16.1 Å². The van der Waals surface area contributed by atoms with Gasteiger partial charge in [-0.3, -0.25) is 4.98 Å². The number of rotatable bonds is 4. The average Bonchev–Trinajstić information content (AvgIpc) is 2.55. The number of nitrogens with one attached hydrogen (secondary N) is 1. The van der Waals surface area contributed by atoms with Crippen molar-refractivity contribution in [1.82, 2.24) is 9.71 Å². The highest BCUT2D eigenvalue weighted by Crippen LogP contribution is 2.20. The Morgan fingerprint density at radius 2 is 1.68 bits per heavy atom. The summed E-state index contributed by atoms with van der Waals surface area (Å²) in [6, 6.07) is 17.8. The molecule has 5 heteroatoms. The van der Waals surface area contributed by atoms with Crippen LogP contribution in [0.2, 0.25) is 0 Å². The number of fused-ring (bicyclic) bond motifs is 1. The van der Waals surface area contributed by atoms with E-state index in [4.69, 9.17) is 0 Å². The van der Waals surface area contributed by atoms with Crippen LogP contribution in [0.4, 0.5) is 0 Å². The van der Waals surface area contributed by atoms with Crippen molar-refractivity contribution in [2.24, 2.45) is 0 Å². The molecular formula is C17H16N2O2S. The Morgan fingerprint density at radius 1 is 0.955 bits per heavy atom. The Labute approximate surface area is 129 Å². The number of pyridine rings is 1. The molecular weight excluding hydrogens is 296 g/mol. The fraction of sp³-hybridized carbons (Fsp3) is 0.118. The molecule has 3 rings (SSSR count). The molecule has 0 spiro atoms. The first-order valence-corrected chi connectivity index (χ1v) is 8.47. The number of hydrogen-bond acceptors (Lipinski definition) is 3. The van der Waals surface area contributed by atoms with Gasteiger partial charge in [0.15, 0.2) is 0 Å². The van der Waals surface area contributed by atoms with Crippen LogP contribution >= 0.6 is 0 Å². The number of nitrogens with zero attached hydrogens (tertiary/aromatic N) is 1. The first kappa shape index (κ1) is 14.7. The minimum atomic E-state index is -3.59. The van der Waals surface area contributed by atoms with Gasteiger partial charge in [-0.15, -0.1) is 0 Å². The second-order valence-corrected chi connectivity index (χ2v) is 6.82. The van der Waals surface area contributed by atoms with Crippen LogP contribution in [-0.2, 0) is 10.0 Å². The van der Waals surface area contributed by atoms with Gasteiger partial charge in [-0.05, 0) is 42.0 Å². The van der Waals surface area contributed by atoms with Crippen molar-refractivity contribution >= 4 is 20.8 Å². The second-order valence-electron chi connectivity index (χ2n) is 5.11. The van der Waals surface area contributed by atoms with E-state index in [0.29, 0.717) is 5.69 Å². The van der Waals surface area contributed by atoms with E-state index in [2.05, 4.69) is 9.71 Å². The van der Waals surface area contributed by atoms with Gasteiger partial charge in [0.2, 0.25) is 10.0 Å². The monoisotopic (exact) mass is 312 g/mol. The summed E-state index contributed by atoms with van der Waals surface area (Å²) in [7, 11) is -3.59. The molecule has 0 aliphatic rings. The first-order valence-electron chi connectivity index (χ1n) is 6.98. The molecule has 112 valence electrons. The summed E-state index contributed by atoms with van der Waals surface area (Å²) < 4.78 is 27.7. The molecule has 4 nitrogen and oxygen atoms in total. The molecule has 0 fully saturated rings. The minimum Gasteiger partial charge on any atom is -0.260 e. The summed E-state index contributed by atoms with van der Waals surface area (Å²) in [6.07, 6.45) is 1.65. The molecule has 0 aliphatic carbocycles. The third-order valence-corrected chi connectivity index (χ3v) is 5.03. The minimum absolute atomic E-state index is 0.258. The summed E-state index contributed by atoms with van der Waals surface area (Å²) >= 11 is 0. The Hall–Kier alpha value is -2.24. The molecule has 0 bridgehead atoms. The van der Waals surface area contributed by atoms with E-state index in [0.717, 1.165) is 10.8 Å². The Morgan fingerprint density at radius 3 is 2.41 bits per heavy atom. The molecule has 0 unspecified atom stereocenters. The smallest absolute Gasteiger partial charge is 0.241 e. The van der Waals surface area contributed by atoms with Crippen LogP contribution in [0.5, 0.6) is 0 Å². The third-order valence-electron chi connectivity index (χ3n) is 3.49. The van der Waals surface area contributed by atoms with Crippen molar-refractivity contribution in [3.8, 4) is 0 Å². The van der Waals surface area contributed by atoms with E-state index in [1.807, 2.05) is 36.4 Å². The van der Waals surface area contributed by atoms with E-state index in [1.54, 1.807) is 37.4 Å². The standard InChI is InChI=1S/C17H16N2O2S/c1-13(17-8-4-5-11-18-17)19-22(20,21)16-10-9-14-6-2-3-7-15(14)12-16/h2-13,19H,1H3/t13-/m0/s1. The van der Waals surface area contributed by atoms with Crippen LogP contribution < -0.4 is 4.72 Å². The Kier molecular flexibility index (Phi) is 3.92. The normalized spacial score (nSPS) is 13.1.